The number of halogens is 1. The van der Waals surface area contributed by atoms with Gasteiger partial charge in [0.2, 0.25) is 10.0 Å². The summed E-state index contributed by atoms with van der Waals surface area (Å²) in [6.07, 6.45) is 2.19. The van der Waals surface area contributed by atoms with Crippen LogP contribution in [0.3, 0.4) is 0 Å². The Labute approximate surface area is 106 Å². The van der Waals surface area contributed by atoms with Crippen molar-refractivity contribution < 1.29 is 17.9 Å². The molecule has 100 valence electrons. The van der Waals surface area contributed by atoms with Crippen LogP contribution in [0.5, 0.6) is 0 Å². The molecule has 0 unspecified atom stereocenters. The fourth-order valence-corrected chi connectivity index (χ4v) is 3.08. The van der Waals surface area contributed by atoms with Gasteiger partial charge < -0.3 is 5.11 Å². The summed E-state index contributed by atoms with van der Waals surface area (Å²) in [4.78, 5) is 0. The molecular formula is C12H16FNO3S. The van der Waals surface area contributed by atoms with Crippen molar-refractivity contribution in [3.8, 4) is 0 Å². The zero-order valence-corrected chi connectivity index (χ0v) is 10.7. The van der Waals surface area contributed by atoms with Crippen LogP contribution in [-0.2, 0) is 15.8 Å². The average molecular weight is 273 g/mol. The lowest BCUT2D eigenvalue weighted by Crippen LogP contribution is -2.47. The predicted octanol–water partition coefficient (Wildman–Crippen LogP) is 1.16. The molecule has 0 heterocycles. The second kappa shape index (κ2) is 4.95. The van der Waals surface area contributed by atoms with Gasteiger partial charge in [0.25, 0.3) is 0 Å². The van der Waals surface area contributed by atoms with Crippen LogP contribution in [0.1, 0.15) is 24.8 Å². The maximum atomic E-state index is 12.7. The summed E-state index contributed by atoms with van der Waals surface area (Å²) in [5, 5.41) is 9.80. The molecule has 0 aromatic heterocycles. The number of nitrogens with one attached hydrogen (secondary N) is 1. The maximum Gasteiger partial charge on any atom is 0.215 e. The molecule has 0 atom stereocenters. The summed E-state index contributed by atoms with van der Waals surface area (Å²) in [5.41, 5.74) is -0.361. The first-order valence-corrected chi connectivity index (χ1v) is 7.48. The minimum atomic E-state index is -3.49. The summed E-state index contributed by atoms with van der Waals surface area (Å²) in [6.45, 7) is 0.0521. The Balaban J connectivity index is 1.92. The van der Waals surface area contributed by atoms with Crippen LogP contribution in [0.15, 0.2) is 24.3 Å². The van der Waals surface area contributed by atoms with Gasteiger partial charge >= 0.3 is 0 Å². The molecule has 2 N–H and O–H groups in total. The maximum absolute atomic E-state index is 12.7. The smallest absolute Gasteiger partial charge is 0.215 e. The number of hydrogen-bond acceptors (Lipinski definition) is 3. The lowest BCUT2D eigenvalue weighted by Gasteiger charge is -2.36. The van der Waals surface area contributed by atoms with Crippen molar-refractivity contribution in [3.63, 3.8) is 0 Å². The van der Waals surface area contributed by atoms with E-state index in [1.54, 1.807) is 0 Å². The Hall–Kier alpha value is -0.980. The van der Waals surface area contributed by atoms with Crippen LogP contribution in [-0.4, -0.2) is 25.7 Å². The third kappa shape index (κ3) is 3.51. The molecule has 0 spiro atoms. The third-order valence-corrected chi connectivity index (χ3v) is 4.47. The highest BCUT2D eigenvalue weighted by Crippen LogP contribution is 2.30. The second-order valence-electron chi connectivity index (χ2n) is 4.78. The van der Waals surface area contributed by atoms with E-state index in [0.29, 0.717) is 18.4 Å². The van der Waals surface area contributed by atoms with Crippen LogP contribution >= 0.6 is 0 Å². The van der Waals surface area contributed by atoms with Crippen molar-refractivity contribution in [3.05, 3.63) is 35.6 Å². The highest BCUT2D eigenvalue weighted by Gasteiger charge is 2.35. The lowest BCUT2D eigenvalue weighted by molar-refractivity contribution is -0.0271. The average Bonchev–Trinajstić information content (AvgIpc) is 2.27. The molecule has 0 bridgehead atoms. The zero-order valence-electron chi connectivity index (χ0n) is 9.89. The molecular weight excluding hydrogens is 257 g/mol. The summed E-state index contributed by atoms with van der Waals surface area (Å²) >= 11 is 0. The van der Waals surface area contributed by atoms with Crippen molar-refractivity contribution in [1.29, 1.82) is 0 Å². The van der Waals surface area contributed by atoms with Gasteiger partial charge in [0.1, 0.15) is 5.82 Å². The fourth-order valence-electron chi connectivity index (χ4n) is 1.86. The first-order valence-electron chi connectivity index (χ1n) is 5.83. The van der Waals surface area contributed by atoms with Crippen LogP contribution < -0.4 is 4.72 Å². The van der Waals surface area contributed by atoms with E-state index >= 15 is 0 Å². The van der Waals surface area contributed by atoms with Crippen LogP contribution in [0.2, 0.25) is 0 Å². The van der Waals surface area contributed by atoms with Gasteiger partial charge in [-0.1, -0.05) is 12.1 Å². The highest BCUT2D eigenvalue weighted by atomic mass is 32.2. The molecule has 0 saturated heterocycles. The van der Waals surface area contributed by atoms with Crippen molar-refractivity contribution in [1.82, 2.24) is 4.72 Å². The summed E-state index contributed by atoms with van der Waals surface area (Å²) in [5.74, 6) is -0.600. The Bertz CT molecular complexity index is 509. The number of rotatable bonds is 5. The first kappa shape index (κ1) is 13.5. The summed E-state index contributed by atoms with van der Waals surface area (Å²) < 4.78 is 38.6. The molecule has 0 amide bonds. The topological polar surface area (TPSA) is 66.4 Å². The number of aliphatic hydroxyl groups is 1. The predicted molar refractivity (Wildman–Crippen MR) is 65.8 cm³/mol. The van der Waals surface area contributed by atoms with Crippen molar-refractivity contribution in [2.45, 2.75) is 30.6 Å². The molecule has 1 fully saturated rings. The molecule has 2 rings (SSSR count). The zero-order chi connectivity index (χ0) is 13.2. The lowest BCUT2D eigenvalue weighted by atomic mass is 9.81. The van der Waals surface area contributed by atoms with Gasteiger partial charge in [-0.3, -0.25) is 0 Å². The van der Waals surface area contributed by atoms with E-state index in [1.807, 2.05) is 0 Å². The standard InChI is InChI=1S/C12H16FNO3S/c13-11-4-2-10(3-5-11)8-18(16,17)14-9-12(15)6-1-7-12/h2-5,14-15H,1,6-9H2. The molecule has 1 aliphatic rings. The largest absolute Gasteiger partial charge is 0.389 e. The van der Waals surface area contributed by atoms with Gasteiger partial charge in [-0.2, -0.15) is 0 Å². The van der Waals surface area contributed by atoms with Gasteiger partial charge in [0.15, 0.2) is 0 Å². The van der Waals surface area contributed by atoms with Gasteiger partial charge in [-0.05, 0) is 37.0 Å². The monoisotopic (exact) mass is 273 g/mol. The highest BCUT2D eigenvalue weighted by molar-refractivity contribution is 7.88. The minimum absolute atomic E-state index is 0.0521. The Morgan fingerprint density at radius 3 is 2.39 bits per heavy atom. The molecule has 1 saturated carbocycles. The molecule has 18 heavy (non-hydrogen) atoms. The number of hydrogen-bond donors (Lipinski definition) is 2. The van der Waals surface area contributed by atoms with E-state index in [4.69, 9.17) is 0 Å². The Morgan fingerprint density at radius 2 is 1.89 bits per heavy atom. The fraction of sp³-hybridized carbons (Fsp3) is 0.500. The number of benzene rings is 1. The SMILES string of the molecule is O=S(=O)(Cc1ccc(F)cc1)NCC1(O)CCC1. The van der Waals surface area contributed by atoms with Crippen molar-refractivity contribution >= 4 is 10.0 Å². The van der Waals surface area contributed by atoms with Gasteiger partial charge in [-0.25, -0.2) is 17.5 Å². The molecule has 1 aromatic rings. The quantitative estimate of drug-likeness (QED) is 0.846. The summed E-state index contributed by atoms with van der Waals surface area (Å²) in [7, 11) is -3.49. The Kier molecular flexibility index (Phi) is 3.70. The van der Waals surface area contributed by atoms with Crippen LogP contribution in [0.25, 0.3) is 0 Å². The van der Waals surface area contributed by atoms with Gasteiger partial charge in [0, 0.05) is 6.54 Å². The summed E-state index contributed by atoms with van der Waals surface area (Å²) in [6, 6.07) is 5.33. The van der Waals surface area contributed by atoms with E-state index in [2.05, 4.69) is 4.72 Å². The van der Waals surface area contributed by atoms with Crippen molar-refractivity contribution in [2.24, 2.45) is 0 Å². The molecule has 0 radical (unpaired) electrons. The van der Waals surface area contributed by atoms with Crippen molar-refractivity contribution in [2.75, 3.05) is 6.54 Å². The normalized spacial score (nSPS) is 18.3. The van der Waals surface area contributed by atoms with E-state index in [1.165, 1.54) is 24.3 Å². The molecule has 0 aliphatic heterocycles. The van der Waals surface area contributed by atoms with E-state index < -0.39 is 21.4 Å². The number of sulfonamides is 1. The second-order valence-corrected chi connectivity index (χ2v) is 6.59. The third-order valence-electron chi connectivity index (χ3n) is 3.18. The molecule has 4 nitrogen and oxygen atoms in total. The van der Waals surface area contributed by atoms with Crippen LogP contribution in [0, 0.1) is 5.82 Å². The first-order chi connectivity index (χ1) is 8.39. The van der Waals surface area contributed by atoms with E-state index in [9.17, 15) is 17.9 Å². The molecule has 1 aromatic carbocycles. The minimum Gasteiger partial charge on any atom is -0.389 e. The molecule has 6 heteroatoms. The van der Waals surface area contributed by atoms with Gasteiger partial charge in [0.05, 0.1) is 11.4 Å². The Morgan fingerprint density at radius 1 is 1.28 bits per heavy atom. The van der Waals surface area contributed by atoms with E-state index in [-0.39, 0.29) is 12.3 Å². The van der Waals surface area contributed by atoms with Gasteiger partial charge in [-0.15, -0.1) is 0 Å². The molecule has 1 aliphatic carbocycles. The van der Waals surface area contributed by atoms with Crippen LogP contribution in [0.4, 0.5) is 4.39 Å². The van der Waals surface area contributed by atoms with E-state index in [0.717, 1.165) is 6.42 Å².